The van der Waals surface area contributed by atoms with Gasteiger partial charge in [-0.15, -0.1) is 0 Å². The van der Waals surface area contributed by atoms with Gasteiger partial charge in [0.15, 0.2) is 0 Å². The number of hydrogen-bond acceptors (Lipinski definition) is 3. The average Bonchev–Trinajstić information content (AvgIpc) is 2.39. The molecule has 1 aliphatic heterocycles. The Balaban J connectivity index is 2.06. The van der Waals surface area contributed by atoms with E-state index in [1.54, 1.807) is 11.4 Å². The van der Waals surface area contributed by atoms with Crippen LogP contribution >= 0.6 is 0 Å². The molecule has 0 amide bonds. The first-order valence-corrected chi connectivity index (χ1v) is 8.64. The van der Waals surface area contributed by atoms with Crippen molar-refractivity contribution in [2.45, 2.75) is 25.5 Å². The number of rotatable bonds is 5. The van der Waals surface area contributed by atoms with Crippen LogP contribution in [0.2, 0.25) is 0 Å². The van der Waals surface area contributed by atoms with Crippen molar-refractivity contribution in [3.05, 3.63) is 35.4 Å². The van der Waals surface area contributed by atoms with Gasteiger partial charge in [0.1, 0.15) is 0 Å². The van der Waals surface area contributed by atoms with Gasteiger partial charge in [-0.3, -0.25) is 0 Å². The fourth-order valence-electron chi connectivity index (χ4n) is 2.76. The number of benzene rings is 1. The number of methoxy groups -OCH3 is 1. The predicted octanol–water partition coefficient (Wildman–Crippen LogP) is 2.18. The van der Waals surface area contributed by atoms with Crippen LogP contribution in [0.3, 0.4) is 0 Å². The number of nitrogens with zero attached hydrogens (tertiary/aromatic N) is 1. The first-order chi connectivity index (χ1) is 9.51. The molecule has 1 unspecified atom stereocenters. The molecule has 0 bridgehead atoms. The second kappa shape index (κ2) is 6.70. The third-order valence-electron chi connectivity index (χ3n) is 3.71. The maximum absolute atomic E-state index is 12.5. The summed E-state index contributed by atoms with van der Waals surface area (Å²) in [5.74, 6) is 0.412. The van der Waals surface area contributed by atoms with Crippen LogP contribution in [-0.4, -0.2) is 39.5 Å². The van der Waals surface area contributed by atoms with E-state index < -0.39 is 10.0 Å². The van der Waals surface area contributed by atoms with E-state index in [-0.39, 0.29) is 5.75 Å². The van der Waals surface area contributed by atoms with Crippen molar-refractivity contribution in [2.75, 3.05) is 26.8 Å². The summed E-state index contributed by atoms with van der Waals surface area (Å²) >= 11 is 0. The zero-order chi connectivity index (χ0) is 14.6. The third kappa shape index (κ3) is 4.04. The van der Waals surface area contributed by atoms with Crippen LogP contribution in [0.4, 0.5) is 0 Å². The number of piperidine rings is 1. The van der Waals surface area contributed by atoms with Gasteiger partial charge in [-0.25, -0.2) is 12.7 Å². The van der Waals surface area contributed by atoms with Gasteiger partial charge in [0.25, 0.3) is 0 Å². The molecule has 0 spiro atoms. The summed E-state index contributed by atoms with van der Waals surface area (Å²) in [5, 5.41) is 0. The summed E-state index contributed by atoms with van der Waals surface area (Å²) in [6, 6.07) is 7.70. The van der Waals surface area contributed by atoms with Gasteiger partial charge in [-0.05, 0) is 31.2 Å². The van der Waals surface area contributed by atoms with Crippen molar-refractivity contribution >= 4 is 10.0 Å². The van der Waals surface area contributed by atoms with E-state index in [4.69, 9.17) is 4.74 Å². The average molecular weight is 297 g/mol. The highest BCUT2D eigenvalue weighted by Crippen LogP contribution is 2.21. The van der Waals surface area contributed by atoms with Gasteiger partial charge in [0.05, 0.1) is 12.4 Å². The second-order valence-electron chi connectivity index (χ2n) is 5.57. The summed E-state index contributed by atoms with van der Waals surface area (Å²) in [6.07, 6.45) is 1.96. The Kier molecular flexibility index (Phi) is 5.18. The molecule has 1 aromatic rings. The lowest BCUT2D eigenvalue weighted by Gasteiger charge is -2.31. The SMILES string of the molecule is COCC1CCCN(S(=O)(=O)Cc2cccc(C)c2)C1. The monoisotopic (exact) mass is 297 g/mol. The van der Waals surface area contributed by atoms with Crippen LogP contribution in [0.5, 0.6) is 0 Å². The summed E-state index contributed by atoms with van der Waals surface area (Å²) in [7, 11) is -1.56. The molecule has 112 valence electrons. The minimum absolute atomic E-state index is 0.0916. The van der Waals surface area contributed by atoms with Crippen molar-refractivity contribution in [3.63, 3.8) is 0 Å². The highest BCUT2D eigenvalue weighted by molar-refractivity contribution is 7.88. The van der Waals surface area contributed by atoms with Crippen LogP contribution in [0.1, 0.15) is 24.0 Å². The van der Waals surface area contributed by atoms with E-state index in [0.29, 0.717) is 25.6 Å². The second-order valence-corrected chi connectivity index (χ2v) is 7.54. The Bertz CT molecular complexity index is 540. The normalized spacial score (nSPS) is 21.0. The number of hydrogen-bond donors (Lipinski definition) is 0. The van der Waals surface area contributed by atoms with Gasteiger partial charge in [-0.2, -0.15) is 0 Å². The molecule has 5 heteroatoms. The highest BCUT2D eigenvalue weighted by atomic mass is 32.2. The summed E-state index contributed by atoms with van der Waals surface area (Å²) in [6.45, 7) is 3.83. The molecule has 1 aliphatic rings. The van der Waals surface area contributed by atoms with E-state index in [9.17, 15) is 8.42 Å². The van der Waals surface area contributed by atoms with Crippen molar-refractivity contribution in [3.8, 4) is 0 Å². The van der Waals surface area contributed by atoms with E-state index >= 15 is 0 Å². The van der Waals surface area contributed by atoms with E-state index in [1.165, 1.54) is 0 Å². The van der Waals surface area contributed by atoms with Crippen molar-refractivity contribution in [2.24, 2.45) is 5.92 Å². The topological polar surface area (TPSA) is 46.6 Å². The van der Waals surface area contributed by atoms with Gasteiger partial charge < -0.3 is 4.74 Å². The van der Waals surface area contributed by atoms with Crippen LogP contribution in [-0.2, 0) is 20.5 Å². The molecule has 0 aliphatic carbocycles. The Hall–Kier alpha value is -0.910. The lowest BCUT2D eigenvalue weighted by molar-refractivity contribution is 0.118. The Labute approximate surface area is 121 Å². The van der Waals surface area contributed by atoms with Crippen LogP contribution in [0, 0.1) is 12.8 Å². The van der Waals surface area contributed by atoms with E-state index in [1.807, 2.05) is 31.2 Å². The summed E-state index contributed by atoms with van der Waals surface area (Å²) in [4.78, 5) is 0. The largest absolute Gasteiger partial charge is 0.384 e. The summed E-state index contributed by atoms with van der Waals surface area (Å²) in [5.41, 5.74) is 1.95. The Morgan fingerprint density at radius 3 is 2.90 bits per heavy atom. The zero-order valence-electron chi connectivity index (χ0n) is 12.2. The molecular formula is C15H23NO3S. The number of ether oxygens (including phenoxy) is 1. The smallest absolute Gasteiger partial charge is 0.218 e. The van der Waals surface area contributed by atoms with E-state index in [0.717, 1.165) is 24.0 Å². The number of sulfonamides is 1. The quantitative estimate of drug-likeness (QED) is 0.837. The maximum Gasteiger partial charge on any atom is 0.218 e. The minimum atomic E-state index is -3.23. The highest BCUT2D eigenvalue weighted by Gasteiger charge is 2.28. The Morgan fingerprint density at radius 2 is 2.20 bits per heavy atom. The maximum atomic E-state index is 12.5. The van der Waals surface area contributed by atoms with Gasteiger partial charge in [0, 0.05) is 20.2 Å². The Morgan fingerprint density at radius 1 is 1.40 bits per heavy atom. The molecule has 1 atom stereocenters. The molecule has 0 N–H and O–H groups in total. The third-order valence-corrected chi connectivity index (χ3v) is 5.53. The van der Waals surface area contributed by atoms with E-state index in [2.05, 4.69) is 0 Å². The fourth-order valence-corrected chi connectivity index (χ4v) is 4.38. The zero-order valence-corrected chi connectivity index (χ0v) is 13.0. The van der Waals surface area contributed by atoms with Crippen molar-refractivity contribution in [1.82, 2.24) is 4.31 Å². The molecule has 0 aromatic heterocycles. The first kappa shape index (κ1) is 15.5. The molecule has 1 fully saturated rings. The molecule has 20 heavy (non-hydrogen) atoms. The van der Waals surface area contributed by atoms with Crippen molar-refractivity contribution < 1.29 is 13.2 Å². The lowest BCUT2D eigenvalue weighted by Crippen LogP contribution is -2.41. The van der Waals surface area contributed by atoms with Crippen LogP contribution in [0.25, 0.3) is 0 Å². The van der Waals surface area contributed by atoms with Gasteiger partial charge in [-0.1, -0.05) is 29.8 Å². The first-order valence-electron chi connectivity index (χ1n) is 7.03. The molecular weight excluding hydrogens is 274 g/mol. The fraction of sp³-hybridized carbons (Fsp3) is 0.600. The minimum Gasteiger partial charge on any atom is -0.384 e. The van der Waals surface area contributed by atoms with Crippen LogP contribution in [0.15, 0.2) is 24.3 Å². The molecule has 1 heterocycles. The lowest BCUT2D eigenvalue weighted by atomic mass is 10.0. The predicted molar refractivity (Wildman–Crippen MR) is 80.0 cm³/mol. The van der Waals surface area contributed by atoms with Crippen LogP contribution < -0.4 is 0 Å². The van der Waals surface area contributed by atoms with Crippen molar-refractivity contribution in [1.29, 1.82) is 0 Å². The molecule has 0 saturated carbocycles. The molecule has 0 radical (unpaired) electrons. The van der Waals surface area contributed by atoms with Gasteiger partial charge >= 0.3 is 0 Å². The molecule has 4 nitrogen and oxygen atoms in total. The van der Waals surface area contributed by atoms with Gasteiger partial charge in [0.2, 0.25) is 10.0 Å². The molecule has 2 rings (SSSR count). The number of aryl methyl sites for hydroxylation is 1. The summed E-state index contributed by atoms with van der Waals surface area (Å²) < 4.78 is 31.8. The molecule has 1 saturated heterocycles. The molecule has 1 aromatic carbocycles. The standard InChI is InChI=1S/C15H23NO3S/c1-13-5-3-6-14(9-13)12-20(17,18)16-8-4-7-15(10-16)11-19-2/h3,5-6,9,15H,4,7-8,10-12H2,1-2H3.